The van der Waals surface area contributed by atoms with Crippen LogP contribution in [0, 0.1) is 0 Å². The second-order valence-electron chi connectivity index (χ2n) is 4.84. The van der Waals surface area contributed by atoms with E-state index in [0.717, 1.165) is 0 Å². The van der Waals surface area contributed by atoms with Crippen LogP contribution >= 0.6 is 25.3 Å². The van der Waals surface area contributed by atoms with Crippen LogP contribution in [0.5, 0.6) is 0 Å². The normalized spacial score (nSPS) is 8.06. The monoisotopic (exact) mass is 656 g/mol. The molecule has 0 bridgehead atoms. The van der Waals surface area contributed by atoms with Crippen LogP contribution in [0.4, 0.5) is 0 Å². The van der Waals surface area contributed by atoms with Gasteiger partial charge in [0, 0.05) is 0 Å². The quantitative estimate of drug-likeness (QED) is 0.275. The van der Waals surface area contributed by atoms with Crippen LogP contribution in [-0.4, -0.2) is 62.7 Å². The van der Waals surface area contributed by atoms with Crippen molar-refractivity contribution in [2.24, 2.45) is 0 Å². The van der Waals surface area contributed by atoms with Gasteiger partial charge in [-0.25, -0.2) is 0 Å². The van der Waals surface area contributed by atoms with Crippen molar-refractivity contribution in [3.63, 3.8) is 0 Å². The van der Waals surface area contributed by atoms with E-state index in [1.807, 2.05) is 11.8 Å². The second-order valence-corrected chi connectivity index (χ2v) is 26.4. The average Bonchev–Trinajstić information content (AvgIpc) is 2.88. The van der Waals surface area contributed by atoms with Crippen molar-refractivity contribution in [1.82, 2.24) is 0 Å². The maximum absolute atomic E-state index is 10.3. The third-order valence-electron chi connectivity index (χ3n) is 2.91. The number of hydrogen-bond acceptors (Lipinski definition) is 13. The molecule has 0 N–H and O–H groups in total. The first-order chi connectivity index (χ1) is 14.4. The van der Waals surface area contributed by atoms with E-state index >= 15 is 0 Å². The summed E-state index contributed by atoms with van der Waals surface area (Å²) in [6, 6.07) is 0. The minimum absolute atomic E-state index is 0. The third kappa shape index (κ3) is 5.26. The summed E-state index contributed by atoms with van der Waals surface area (Å²) in [5.74, 6) is 2.52. The minimum Gasteiger partial charge on any atom is -0.197 e. The van der Waals surface area contributed by atoms with Crippen molar-refractivity contribution in [3.05, 3.63) is 0 Å². The molecule has 0 aliphatic heterocycles. The zero-order valence-corrected chi connectivity index (χ0v) is 21.9. The van der Waals surface area contributed by atoms with Crippen molar-refractivity contribution >= 4 is 76.5 Å². The first kappa shape index (κ1) is 36.4. The first-order valence-corrected chi connectivity index (χ1v) is 20.1. The summed E-state index contributed by atoms with van der Waals surface area (Å²) in [4.78, 5) is 123. The van der Waals surface area contributed by atoms with Crippen LogP contribution in [0.3, 0.4) is 0 Å². The molecule has 0 saturated heterocycles. The van der Waals surface area contributed by atoms with E-state index in [0.29, 0.717) is 51.2 Å². The molecule has 32 heavy (non-hydrogen) atoms. The SMILES string of the molecule is CCSCC.O=[C]=[Mo](=[C]=O)(=[C]=O)(=[C]=O)(=[C]=O)=[C]=O.O=[C]=[Mo](=[C]=O)(=[C]=O)(=[C]=O)(=[C]=O)=[C]=O.S. The fraction of sp³-hybridized carbons (Fsp3) is 0.250. The average molecular weight is 652 g/mol. The Balaban J connectivity index is -0.000000198. The molecule has 0 aliphatic rings. The van der Waals surface area contributed by atoms with Gasteiger partial charge in [-0.15, -0.1) is 0 Å². The van der Waals surface area contributed by atoms with Gasteiger partial charge in [-0.2, -0.15) is 25.3 Å². The van der Waals surface area contributed by atoms with Crippen molar-refractivity contribution in [1.29, 1.82) is 0 Å². The predicted octanol–water partition coefficient (Wildman–Crippen LogP) is -2.90. The zero-order valence-electron chi connectivity index (χ0n) is 16.0. The molecule has 12 nitrogen and oxygen atoms in total. The van der Waals surface area contributed by atoms with E-state index in [4.69, 9.17) is 0 Å². The van der Waals surface area contributed by atoms with Gasteiger partial charge in [-0.05, 0) is 11.5 Å². The molecule has 0 amide bonds. The molecule has 0 aromatic rings. The standard InChI is InChI=1S/C4H10S.12CO.2Mo.H2S/c1-3-5-4-2;12*1-2;;;/h3-4H2,1-2H3;;;;;;;;;;;;;;;1H2. The number of rotatable bonds is 2. The number of hydrogen-bond donors (Lipinski definition) is 0. The zero-order chi connectivity index (χ0) is 25.4. The van der Waals surface area contributed by atoms with Crippen LogP contribution in [0.15, 0.2) is 0 Å². The molecule has 0 aliphatic carbocycles. The summed E-state index contributed by atoms with van der Waals surface area (Å²) in [5, 5.41) is 0. The number of carbonyl (C=O) groups excluding carboxylic acids is 12. The van der Waals surface area contributed by atoms with Gasteiger partial charge < -0.3 is 0 Å². The summed E-state index contributed by atoms with van der Waals surface area (Å²) in [7, 11) is -14.8. The molecular weight excluding hydrogens is 640 g/mol. The topological polar surface area (TPSA) is 205 Å². The Bertz CT molecular complexity index is 1830. The van der Waals surface area contributed by atoms with E-state index in [-0.39, 0.29) is 13.5 Å². The Kier molecular flexibility index (Phi) is 13.2. The summed E-state index contributed by atoms with van der Waals surface area (Å²) >= 11 is 1.96. The van der Waals surface area contributed by atoms with Crippen LogP contribution in [0.1, 0.15) is 13.8 Å². The summed E-state index contributed by atoms with van der Waals surface area (Å²) in [6.45, 7) is 4.35. The maximum atomic E-state index is 10.3. The smallest absolute Gasteiger partial charge is 0.197 e. The molecule has 0 aromatic heterocycles. The second kappa shape index (κ2) is 11.6. The van der Waals surface area contributed by atoms with Gasteiger partial charge in [0.25, 0.3) is 0 Å². The summed E-state index contributed by atoms with van der Waals surface area (Å²) in [5.41, 5.74) is 0. The Morgan fingerprint density at radius 1 is 0.406 bits per heavy atom. The van der Waals surface area contributed by atoms with Gasteiger partial charge >= 0.3 is 130 Å². The van der Waals surface area contributed by atoms with Gasteiger partial charge in [0.2, 0.25) is 0 Å². The van der Waals surface area contributed by atoms with Gasteiger partial charge in [-0.1, -0.05) is 13.8 Å². The van der Waals surface area contributed by atoms with Gasteiger partial charge in [0.15, 0.2) is 0 Å². The molecule has 0 aromatic carbocycles. The van der Waals surface area contributed by atoms with Crippen LogP contribution in [0.2, 0.25) is 0 Å². The molecule has 0 saturated carbocycles. The first-order valence-electron chi connectivity index (χ1n) is 6.89. The van der Waals surface area contributed by atoms with E-state index in [1.54, 1.807) is 0 Å². The molecule has 0 fully saturated rings. The minimum atomic E-state index is -7.38. The Morgan fingerprint density at radius 3 is 0.531 bits per heavy atom. The Hall–Kier alpha value is -2.96. The molecular formula is C16H12Mo2O12S2. The molecule has 0 radical (unpaired) electrons. The maximum Gasteiger partial charge on any atom is -0.197 e. The van der Waals surface area contributed by atoms with E-state index < -0.39 is 21.6 Å². The third-order valence-corrected chi connectivity index (χ3v) is 16.0. The van der Waals surface area contributed by atoms with Crippen LogP contribution < -0.4 is 0 Å². The van der Waals surface area contributed by atoms with Crippen molar-refractivity contribution in [2.45, 2.75) is 13.8 Å². The van der Waals surface area contributed by atoms with Crippen molar-refractivity contribution in [3.8, 4) is 0 Å². The van der Waals surface area contributed by atoms with Crippen molar-refractivity contribution < 1.29 is 79.1 Å². The van der Waals surface area contributed by atoms with Crippen LogP contribution in [-0.2, 0) is 79.1 Å². The molecule has 0 spiro atoms. The molecule has 0 rings (SSSR count). The fourth-order valence-corrected chi connectivity index (χ4v) is 3.63. The Labute approximate surface area is 179 Å². The molecule has 0 atom stereocenters. The van der Waals surface area contributed by atoms with E-state index in [1.165, 1.54) is 11.5 Å². The van der Waals surface area contributed by atoms with Crippen molar-refractivity contribution in [2.75, 3.05) is 11.5 Å². The summed E-state index contributed by atoms with van der Waals surface area (Å²) < 4.78 is 6.14. The van der Waals surface area contributed by atoms with Crippen LogP contribution in [0.25, 0.3) is 0 Å². The predicted molar refractivity (Wildman–Crippen MR) is 107 cm³/mol. The van der Waals surface area contributed by atoms with E-state index in [9.17, 15) is 57.5 Å². The van der Waals surface area contributed by atoms with Gasteiger partial charge in [-0.3, -0.25) is 0 Å². The molecule has 0 unspecified atom stereocenters. The van der Waals surface area contributed by atoms with E-state index in [2.05, 4.69) is 13.8 Å². The fourth-order valence-electron chi connectivity index (χ4n) is 0.714. The Morgan fingerprint density at radius 2 is 0.531 bits per heavy atom. The largest absolute Gasteiger partial charge is 0.197 e. The molecule has 172 valence electrons. The summed E-state index contributed by atoms with van der Waals surface area (Å²) in [6.07, 6.45) is 0. The van der Waals surface area contributed by atoms with Gasteiger partial charge in [0.05, 0.1) is 0 Å². The molecule has 16 heteroatoms. The number of thioether (sulfide) groups is 1. The van der Waals surface area contributed by atoms with Gasteiger partial charge in [0.1, 0.15) is 0 Å². The molecule has 0 heterocycles.